The molecule has 0 saturated carbocycles. The molecule has 4 heteroatoms. The minimum Gasteiger partial charge on any atom is -0.394 e. The fourth-order valence-corrected chi connectivity index (χ4v) is 0.813. The van der Waals surface area contributed by atoms with Crippen molar-refractivity contribution in [3.8, 4) is 0 Å². The lowest BCUT2D eigenvalue weighted by molar-refractivity contribution is -0.0105. The fourth-order valence-electron chi connectivity index (χ4n) is 0.813. The third-order valence-corrected chi connectivity index (χ3v) is 1.81. The summed E-state index contributed by atoms with van der Waals surface area (Å²) in [6, 6.07) is 0. The van der Waals surface area contributed by atoms with Crippen molar-refractivity contribution in [2.24, 2.45) is 0 Å². The molecule has 0 aliphatic carbocycles. The van der Waals surface area contributed by atoms with Crippen molar-refractivity contribution in [2.45, 2.75) is 26.4 Å². The van der Waals surface area contributed by atoms with E-state index in [1.165, 1.54) is 0 Å². The number of aliphatic hydroxyl groups is 1. The standard InChI is InChI=1S/C10H22O4/c1-3-10(2)14-9-8-13-7-6-12-5-4-11/h10-11H,3-9H2,1-2H3. The molecule has 1 unspecified atom stereocenters. The van der Waals surface area contributed by atoms with Crippen molar-refractivity contribution in [1.29, 1.82) is 0 Å². The summed E-state index contributed by atoms with van der Waals surface area (Å²) in [4.78, 5) is 0. The van der Waals surface area contributed by atoms with Crippen LogP contribution in [0.2, 0.25) is 0 Å². The summed E-state index contributed by atoms with van der Waals surface area (Å²) in [6.45, 7) is 6.91. The largest absolute Gasteiger partial charge is 0.394 e. The quantitative estimate of drug-likeness (QED) is 0.538. The van der Waals surface area contributed by atoms with Crippen molar-refractivity contribution in [2.75, 3.05) is 39.6 Å². The van der Waals surface area contributed by atoms with Crippen LogP contribution in [-0.4, -0.2) is 50.9 Å². The van der Waals surface area contributed by atoms with Crippen LogP contribution < -0.4 is 0 Å². The van der Waals surface area contributed by atoms with E-state index in [-0.39, 0.29) is 6.61 Å². The molecule has 0 aromatic carbocycles. The Morgan fingerprint density at radius 2 is 1.57 bits per heavy atom. The Labute approximate surface area is 86.2 Å². The van der Waals surface area contributed by atoms with Gasteiger partial charge in [0, 0.05) is 0 Å². The van der Waals surface area contributed by atoms with E-state index >= 15 is 0 Å². The zero-order chi connectivity index (χ0) is 10.6. The molecule has 0 radical (unpaired) electrons. The molecule has 0 aromatic rings. The van der Waals surface area contributed by atoms with E-state index in [4.69, 9.17) is 19.3 Å². The maximum absolute atomic E-state index is 8.41. The van der Waals surface area contributed by atoms with Gasteiger partial charge in [-0.15, -0.1) is 0 Å². The van der Waals surface area contributed by atoms with Gasteiger partial charge in [0.2, 0.25) is 0 Å². The van der Waals surface area contributed by atoms with Crippen molar-refractivity contribution in [3.05, 3.63) is 0 Å². The van der Waals surface area contributed by atoms with Crippen LogP contribution in [0.1, 0.15) is 20.3 Å². The summed E-state index contributed by atoms with van der Waals surface area (Å²) in [7, 11) is 0. The van der Waals surface area contributed by atoms with Gasteiger partial charge < -0.3 is 19.3 Å². The zero-order valence-electron chi connectivity index (χ0n) is 9.20. The summed E-state index contributed by atoms with van der Waals surface area (Å²) in [5, 5.41) is 8.41. The van der Waals surface area contributed by atoms with E-state index in [9.17, 15) is 0 Å². The second-order valence-corrected chi connectivity index (χ2v) is 3.04. The molecule has 86 valence electrons. The average molecular weight is 206 g/mol. The number of rotatable bonds is 10. The molecule has 0 aromatic heterocycles. The van der Waals surface area contributed by atoms with Crippen LogP contribution in [0.5, 0.6) is 0 Å². The second kappa shape index (κ2) is 10.9. The molecule has 0 aliphatic rings. The average Bonchev–Trinajstić information content (AvgIpc) is 2.21. The molecular formula is C10H22O4. The van der Waals surface area contributed by atoms with Crippen LogP contribution in [0, 0.1) is 0 Å². The van der Waals surface area contributed by atoms with Crippen LogP contribution in [0.15, 0.2) is 0 Å². The Kier molecular flexibility index (Phi) is 10.8. The molecule has 14 heavy (non-hydrogen) atoms. The normalized spacial score (nSPS) is 13.1. The summed E-state index contributed by atoms with van der Waals surface area (Å²) < 4.78 is 15.7. The molecular weight excluding hydrogens is 184 g/mol. The smallest absolute Gasteiger partial charge is 0.0704 e. The fraction of sp³-hybridized carbons (Fsp3) is 1.00. The zero-order valence-corrected chi connectivity index (χ0v) is 9.20. The van der Waals surface area contributed by atoms with E-state index < -0.39 is 0 Å². The Morgan fingerprint density at radius 1 is 1.00 bits per heavy atom. The number of aliphatic hydroxyl groups excluding tert-OH is 1. The van der Waals surface area contributed by atoms with Crippen molar-refractivity contribution >= 4 is 0 Å². The third kappa shape index (κ3) is 9.92. The summed E-state index contributed by atoms with van der Waals surface area (Å²) in [6.07, 6.45) is 1.34. The highest BCUT2D eigenvalue weighted by atomic mass is 16.5. The topological polar surface area (TPSA) is 47.9 Å². The molecule has 0 spiro atoms. The first-order chi connectivity index (χ1) is 6.81. The van der Waals surface area contributed by atoms with Crippen LogP contribution in [0.25, 0.3) is 0 Å². The second-order valence-electron chi connectivity index (χ2n) is 3.04. The molecule has 1 atom stereocenters. The molecule has 0 aliphatic heterocycles. The van der Waals surface area contributed by atoms with Gasteiger partial charge in [-0.2, -0.15) is 0 Å². The highest BCUT2D eigenvalue weighted by Crippen LogP contribution is 1.94. The van der Waals surface area contributed by atoms with Gasteiger partial charge >= 0.3 is 0 Å². The Morgan fingerprint density at radius 3 is 2.14 bits per heavy atom. The maximum atomic E-state index is 8.41. The first-order valence-electron chi connectivity index (χ1n) is 5.19. The lowest BCUT2D eigenvalue weighted by Gasteiger charge is -2.10. The Hall–Kier alpha value is -0.160. The van der Waals surface area contributed by atoms with E-state index in [2.05, 4.69) is 6.92 Å². The van der Waals surface area contributed by atoms with Crippen molar-refractivity contribution in [1.82, 2.24) is 0 Å². The first kappa shape index (κ1) is 13.8. The lowest BCUT2D eigenvalue weighted by atomic mass is 10.3. The minimum atomic E-state index is 0.0666. The van der Waals surface area contributed by atoms with E-state index in [1.807, 2.05) is 6.92 Å². The van der Waals surface area contributed by atoms with Crippen molar-refractivity contribution in [3.63, 3.8) is 0 Å². The van der Waals surface area contributed by atoms with Gasteiger partial charge in [-0.25, -0.2) is 0 Å². The number of ether oxygens (including phenoxy) is 3. The number of hydrogen-bond acceptors (Lipinski definition) is 4. The van der Waals surface area contributed by atoms with E-state index in [1.54, 1.807) is 0 Å². The molecule has 0 fully saturated rings. The minimum absolute atomic E-state index is 0.0666. The molecule has 0 heterocycles. The van der Waals surface area contributed by atoms with E-state index in [0.717, 1.165) is 6.42 Å². The Bertz CT molecular complexity index is 108. The summed E-state index contributed by atoms with van der Waals surface area (Å²) in [5.41, 5.74) is 0. The predicted molar refractivity (Wildman–Crippen MR) is 54.4 cm³/mol. The molecule has 0 amide bonds. The SMILES string of the molecule is CCC(C)OCCOCCOCCO. The summed E-state index contributed by atoms with van der Waals surface area (Å²) in [5.74, 6) is 0. The molecule has 1 N–H and O–H groups in total. The first-order valence-corrected chi connectivity index (χ1v) is 5.19. The van der Waals surface area contributed by atoms with Gasteiger partial charge in [0.25, 0.3) is 0 Å². The van der Waals surface area contributed by atoms with Gasteiger partial charge in [0.1, 0.15) is 0 Å². The summed E-state index contributed by atoms with van der Waals surface area (Å²) >= 11 is 0. The van der Waals surface area contributed by atoms with Crippen LogP contribution in [-0.2, 0) is 14.2 Å². The van der Waals surface area contributed by atoms with Crippen LogP contribution >= 0.6 is 0 Å². The van der Waals surface area contributed by atoms with Gasteiger partial charge in [0.05, 0.1) is 45.7 Å². The van der Waals surface area contributed by atoms with Crippen molar-refractivity contribution < 1.29 is 19.3 Å². The highest BCUT2D eigenvalue weighted by molar-refractivity contribution is 4.43. The molecule has 0 rings (SSSR count). The molecule has 4 nitrogen and oxygen atoms in total. The highest BCUT2D eigenvalue weighted by Gasteiger charge is 1.97. The maximum Gasteiger partial charge on any atom is 0.0704 e. The van der Waals surface area contributed by atoms with E-state index in [0.29, 0.717) is 39.1 Å². The Balaban J connectivity index is 2.92. The molecule has 0 saturated heterocycles. The monoisotopic (exact) mass is 206 g/mol. The van der Waals surface area contributed by atoms with Gasteiger partial charge in [-0.05, 0) is 13.3 Å². The third-order valence-electron chi connectivity index (χ3n) is 1.81. The predicted octanol–water partition coefficient (Wildman–Crippen LogP) is 0.827. The van der Waals surface area contributed by atoms with Gasteiger partial charge in [-0.1, -0.05) is 6.92 Å². The lowest BCUT2D eigenvalue weighted by Crippen LogP contribution is -2.14. The number of hydrogen-bond donors (Lipinski definition) is 1. The van der Waals surface area contributed by atoms with Gasteiger partial charge in [-0.3, -0.25) is 0 Å². The van der Waals surface area contributed by atoms with Crippen LogP contribution in [0.4, 0.5) is 0 Å². The van der Waals surface area contributed by atoms with Gasteiger partial charge in [0.15, 0.2) is 0 Å². The molecule has 0 bridgehead atoms. The van der Waals surface area contributed by atoms with Crippen LogP contribution in [0.3, 0.4) is 0 Å².